The third-order valence-electron chi connectivity index (χ3n) is 3.59. The zero-order valence-electron chi connectivity index (χ0n) is 10.5. The van der Waals surface area contributed by atoms with Gasteiger partial charge in [-0.1, -0.05) is 19.3 Å². The van der Waals surface area contributed by atoms with Crippen LogP contribution in [-0.4, -0.2) is 23.4 Å². The molecule has 0 unspecified atom stereocenters. The van der Waals surface area contributed by atoms with E-state index >= 15 is 0 Å². The highest BCUT2D eigenvalue weighted by Gasteiger charge is 2.20. The second kappa shape index (κ2) is 5.48. The van der Waals surface area contributed by atoms with E-state index in [1.54, 1.807) is 0 Å². The Balaban J connectivity index is 2.10. The van der Waals surface area contributed by atoms with Crippen LogP contribution in [0.2, 0.25) is 0 Å². The Labute approximate surface area is 98.2 Å². The highest BCUT2D eigenvalue weighted by atomic mass is 15.3. The molecule has 0 radical (unpaired) electrons. The number of rotatable bonds is 4. The molecule has 1 N–H and O–H groups in total. The summed E-state index contributed by atoms with van der Waals surface area (Å²) in [7, 11) is 4.04. The smallest absolute Gasteiger partial charge is 0.0671 e. The minimum Gasteiger partial charge on any atom is -0.319 e. The maximum absolute atomic E-state index is 4.60. The van der Waals surface area contributed by atoms with Crippen LogP contribution in [0.5, 0.6) is 0 Å². The van der Waals surface area contributed by atoms with Crippen molar-refractivity contribution in [3.8, 4) is 0 Å². The fourth-order valence-electron chi connectivity index (χ4n) is 2.75. The standard InChI is InChI=1S/C13H23N3/c1-14-9-8-13-12(10-16(2)15-13)11-6-4-3-5-7-11/h10-11,14H,3-9H2,1-2H3. The molecule has 1 saturated carbocycles. The number of aromatic nitrogens is 2. The molecule has 0 atom stereocenters. The third-order valence-corrected chi connectivity index (χ3v) is 3.59. The first-order chi connectivity index (χ1) is 7.81. The lowest BCUT2D eigenvalue weighted by molar-refractivity contribution is 0.441. The summed E-state index contributed by atoms with van der Waals surface area (Å²) in [5, 5.41) is 7.81. The lowest BCUT2D eigenvalue weighted by atomic mass is 9.84. The summed E-state index contributed by atoms with van der Waals surface area (Å²) in [6.07, 6.45) is 10.2. The summed E-state index contributed by atoms with van der Waals surface area (Å²) in [5.41, 5.74) is 2.82. The average Bonchev–Trinajstić information content (AvgIpc) is 2.69. The minimum absolute atomic E-state index is 0.773. The van der Waals surface area contributed by atoms with E-state index in [4.69, 9.17) is 0 Å². The van der Waals surface area contributed by atoms with Gasteiger partial charge in [0.15, 0.2) is 0 Å². The summed E-state index contributed by atoms with van der Waals surface area (Å²) in [4.78, 5) is 0. The summed E-state index contributed by atoms with van der Waals surface area (Å²) in [5.74, 6) is 0.773. The number of nitrogens with zero attached hydrogens (tertiary/aromatic N) is 2. The van der Waals surface area contributed by atoms with Gasteiger partial charge in [0.05, 0.1) is 5.69 Å². The molecule has 1 aliphatic rings. The number of hydrogen-bond donors (Lipinski definition) is 1. The minimum atomic E-state index is 0.773. The van der Waals surface area contributed by atoms with E-state index in [0.29, 0.717) is 0 Å². The Kier molecular flexibility index (Phi) is 3.99. The van der Waals surface area contributed by atoms with Gasteiger partial charge in [0.2, 0.25) is 0 Å². The van der Waals surface area contributed by atoms with Crippen molar-refractivity contribution < 1.29 is 0 Å². The van der Waals surface area contributed by atoms with E-state index in [0.717, 1.165) is 18.9 Å². The summed E-state index contributed by atoms with van der Waals surface area (Å²) >= 11 is 0. The molecule has 1 aromatic rings. The largest absolute Gasteiger partial charge is 0.319 e. The van der Waals surface area contributed by atoms with Crippen LogP contribution < -0.4 is 5.32 Å². The molecule has 0 aliphatic heterocycles. The molecule has 3 heteroatoms. The van der Waals surface area contributed by atoms with E-state index in [-0.39, 0.29) is 0 Å². The zero-order valence-corrected chi connectivity index (χ0v) is 10.5. The number of hydrogen-bond acceptors (Lipinski definition) is 2. The van der Waals surface area contributed by atoms with Gasteiger partial charge in [-0.05, 0) is 31.4 Å². The van der Waals surface area contributed by atoms with Gasteiger partial charge in [-0.25, -0.2) is 0 Å². The van der Waals surface area contributed by atoms with Crippen LogP contribution in [0.3, 0.4) is 0 Å². The van der Waals surface area contributed by atoms with E-state index in [2.05, 4.69) is 16.6 Å². The predicted octanol–water partition coefficient (Wildman–Crippen LogP) is 2.23. The molecule has 0 saturated heterocycles. The van der Waals surface area contributed by atoms with Gasteiger partial charge in [0.25, 0.3) is 0 Å². The Morgan fingerprint density at radius 2 is 2.12 bits per heavy atom. The molecular weight excluding hydrogens is 198 g/mol. The lowest BCUT2D eigenvalue weighted by Gasteiger charge is -2.21. The third kappa shape index (κ3) is 2.64. The maximum Gasteiger partial charge on any atom is 0.0671 e. The number of nitrogens with one attached hydrogen (secondary N) is 1. The molecule has 0 aromatic carbocycles. The fourth-order valence-corrected chi connectivity index (χ4v) is 2.75. The van der Waals surface area contributed by atoms with Crippen LogP contribution in [0.15, 0.2) is 6.20 Å². The van der Waals surface area contributed by atoms with Gasteiger partial charge >= 0.3 is 0 Å². The summed E-state index contributed by atoms with van der Waals surface area (Å²) in [6.45, 7) is 1.02. The second-order valence-corrected chi connectivity index (χ2v) is 4.89. The van der Waals surface area contributed by atoms with Crippen molar-refractivity contribution in [2.75, 3.05) is 13.6 Å². The van der Waals surface area contributed by atoms with Gasteiger partial charge in [-0.2, -0.15) is 5.10 Å². The first-order valence-electron chi connectivity index (χ1n) is 6.48. The van der Waals surface area contributed by atoms with Crippen LogP contribution >= 0.6 is 0 Å². The topological polar surface area (TPSA) is 29.9 Å². The Morgan fingerprint density at radius 3 is 2.81 bits per heavy atom. The van der Waals surface area contributed by atoms with E-state index in [1.807, 2.05) is 18.8 Å². The van der Waals surface area contributed by atoms with Crippen molar-refractivity contribution in [2.24, 2.45) is 7.05 Å². The molecule has 1 heterocycles. The first-order valence-corrected chi connectivity index (χ1v) is 6.48. The Morgan fingerprint density at radius 1 is 1.38 bits per heavy atom. The van der Waals surface area contributed by atoms with E-state index in [1.165, 1.54) is 43.4 Å². The van der Waals surface area contributed by atoms with Gasteiger partial charge in [-0.15, -0.1) is 0 Å². The second-order valence-electron chi connectivity index (χ2n) is 4.89. The highest BCUT2D eigenvalue weighted by Crippen LogP contribution is 2.34. The van der Waals surface area contributed by atoms with Crippen molar-refractivity contribution in [1.29, 1.82) is 0 Å². The SMILES string of the molecule is CNCCc1nn(C)cc1C1CCCCC1. The zero-order chi connectivity index (χ0) is 11.4. The monoisotopic (exact) mass is 221 g/mol. The molecule has 0 bridgehead atoms. The Bertz CT molecular complexity index is 324. The molecule has 2 rings (SSSR count). The van der Waals surface area contributed by atoms with Gasteiger partial charge in [0.1, 0.15) is 0 Å². The molecule has 1 fully saturated rings. The first kappa shape index (κ1) is 11.6. The van der Waals surface area contributed by atoms with Crippen molar-refractivity contribution in [3.63, 3.8) is 0 Å². The number of aryl methyl sites for hydroxylation is 1. The highest BCUT2D eigenvalue weighted by molar-refractivity contribution is 5.22. The molecule has 90 valence electrons. The molecule has 0 spiro atoms. The predicted molar refractivity (Wildman–Crippen MR) is 66.7 cm³/mol. The Hall–Kier alpha value is -0.830. The molecule has 1 aliphatic carbocycles. The van der Waals surface area contributed by atoms with E-state index in [9.17, 15) is 0 Å². The number of likely N-dealkylation sites (N-methyl/N-ethyl adjacent to an activating group) is 1. The maximum atomic E-state index is 4.60. The van der Waals surface area contributed by atoms with Crippen LogP contribution in [0.1, 0.15) is 49.3 Å². The van der Waals surface area contributed by atoms with Crippen molar-refractivity contribution in [1.82, 2.24) is 15.1 Å². The summed E-state index contributed by atoms with van der Waals surface area (Å²) in [6, 6.07) is 0. The molecule has 0 amide bonds. The van der Waals surface area contributed by atoms with Crippen molar-refractivity contribution >= 4 is 0 Å². The van der Waals surface area contributed by atoms with Gasteiger partial charge in [0, 0.05) is 26.2 Å². The fraction of sp³-hybridized carbons (Fsp3) is 0.769. The molecular formula is C13H23N3. The molecule has 1 aromatic heterocycles. The van der Waals surface area contributed by atoms with Crippen LogP contribution in [0.4, 0.5) is 0 Å². The molecule has 3 nitrogen and oxygen atoms in total. The van der Waals surface area contributed by atoms with Gasteiger partial charge in [-0.3, -0.25) is 4.68 Å². The molecule has 16 heavy (non-hydrogen) atoms. The van der Waals surface area contributed by atoms with Gasteiger partial charge < -0.3 is 5.32 Å². The quantitative estimate of drug-likeness (QED) is 0.845. The van der Waals surface area contributed by atoms with Crippen LogP contribution in [0.25, 0.3) is 0 Å². The van der Waals surface area contributed by atoms with Crippen molar-refractivity contribution in [3.05, 3.63) is 17.5 Å². The normalized spacial score (nSPS) is 17.9. The lowest BCUT2D eigenvalue weighted by Crippen LogP contribution is -2.13. The van der Waals surface area contributed by atoms with E-state index < -0.39 is 0 Å². The van der Waals surface area contributed by atoms with Crippen LogP contribution in [0, 0.1) is 0 Å². The summed E-state index contributed by atoms with van der Waals surface area (Å²) < 4.78 is 1.98. The van der Waals surface area contributed by atoms with Crippen molar-refractivity contribution in [2.45, 2.75) is 44.4 Å². The van der Waals surface area contributed by atoms with Crippen LogP contribution in [-0.2, 0) is 13.5 Å². The average molecular weight is 221 g/mol.